The number of benzene rings is 2. The standard InChI is InChI=1S/C16H11N3O6/c20-14-15(21)18(8-9-3-1-2-4-11(9)16(22)23)13-7-10(19(24)25)5-6-12(13)17-14/h1-7H,8H2,(H,17,20)(H,22,23). The number of hydrogen-bond acceptors (Lipinski definition) is 5. The number of nitrogens with one attached hydrogen (secondary N) is 1. The van der Waals surface area contributed by atoms with Crippen LogP contribution in [0.2, 0.25) is 0 Å². The van der Waals surface area contributed by atoms with Gasteiger partial charge in [0.25, 0.3) is 5.69 Å². The zero-order chi connectivity index (χ0) is 18.1. The Morgan fingerprint density at radius 3 is 2.60 bits per heavy atom. The zero-order valence-electron chi connectivity index (χ0n) is 12.6. The lowest BCUT2D eigenvalue weighted by Crippen LogP contribution is -2.36. The van der Waals surface area contributed by atoms with Gasteiger partial charge >= 0.3 is 17.1 Å². The van der Waals surface area contributed by atoms with Crippen molar-refractivity contribution in [3.63, 3.8) is 0 Å². The molecule has 0 fully saturated rings. The van der Waals surface area contributed by atoms with Gasteiger partial charge in [0.2, 0.25) is 0 Å². The molecule has 0 spiro atoms. The van der Waals surface area contributed by atoms with Gasteiger partial charge in [-0.05, 0) is 17.7 Å². The number of rotatable bonds is 4. The van der Waals surface area contributed by atoms with Crippen LogP contribution >= 0.6 is 0 Å². The predicted molar refractivity (Wildman–Crippen MR) is 88.0 cm³/mol. The lowest BCUT2D eigenvalue weighted by atomic mass is 10.1. The summed E-state index contributed by atoms with van der Waals surface area (Å²) >= 11 is 0. The maximum atomic E-state index is 12.3. The molecule has 9 nitrogen and oxygen atoms in total. The number of nitro benzene ring substituents is 1. The van der Waals surface area contributed by atoms with Crippen LogP contribution in [-0.4, -0.2) is 25.6 Å². The number of aromatic amines is 1. The lowest BCUT2D eigenvalue weighted by Gasteiger charge is -2.11. The molecule has 9 heteroatoms. The molecule has 0 amide bonds. The van der Waals surface area contributed by atoms with Crippen molar-refractivity contribution in [3.8, 4) is 0 Å². The largest absolute Gasteiger partial charge is 0.478 e. The fourth-order valence-electron chi connectivity index (χ4n) is 2.56. The maximum Gasteiger partial charge on any atom is 0.336 e. The molecule has 0 saturated carbocycles. The highest BCUT2D eigenvalue weighted by molar-refractivity contribution is 5.89. The van der Waals surface area contributed by atoms with Gasteiger partial charge in [0.15, 0.2) is 0 Å². The number of carboxylic acid groups (broad SMARTS) is 1. The zero-order valence-corrected chi connectivity index (χ0v) is 12.6. The quantitative estimate of drug-likeness (QED) is 0.418. The van der Waals surface area contributed by atoms with Crippen molar-refractivity contribution < 1.29 is 14.8 Å². The van der Waals surface area contributed by atoms with Gasteiger partial charge in [0, 0.05) is 12.1 Å². The minimum atomic E-state index is -1.18. The van der Waals surface area contributed by atoms with Crippen molar-refractivity contribution in [2.75, 3.05) is 0 Å². The summed E-state index contributed by atoms with van der Waals surface area (Å²) in [7, 11) is 0. The van der Waals surface area contributed by atoms with E-state index in [9.17, 15) is 29.6 Å². The van der Waals surface area contributed by atoms with Crippen molar-refractivity contribution in [1.29, 1.82) is 0 Å². The Bertz CT molecular complexity index is 1130. The van der Waals surface area contributed by atoms with E-state index in [0.29, 0.717) is 5.56 Å². The number of H-pyrrole nitrogens is 1. The molecule has 0 atom stereocenters. The second kappa shape index (κ2) is 6.04. The average molecular weight is 341 g/mol. The van der Waals surface area contributed by atoms with E-state index < -0.39 is 22.0 Å². The van der Waals surface area contributed by atoms with E-state index in [4.69, 9.17) is 0 Å². The lowest BCUT2D eigenvalue weighted by molar-refractivity contribution is -0.384. The first-order chi connectivity index (χ1) is 11.9. The fraction of sp³-hybridized carbons (Fsp3) is 0.0625. The van der Waals surface area contributed by atoms with E-state index in [0.717, 1.165) is 10.6 Å². The number of carboxylic acids is 1. The Labute approximate surface area is 138 Å². The molecule has 3 aromatic rings. The monoisotopic (exact) mass is 341 g/mol. The Balaban J connectivity index is 2.28. The summed E-state index contributed by atoms with van der Waals surface area (Å²) in [6.45, 7) is -0.205. The second-order valence-electron chi connectivity index (χ2n) is 5.27. The van der Waals surface area contributed by atoms with Crippen LogP contribution in [0.1, 0.15) is 15.9 Å². The van der Waals surface area contributed by atoms with Crippen LogP contribution in [-0.2, 0) is 6.54 Å². The molecule has 25 heavy (non-hydrogen) atoms. The summed E-state index contributed by atoms with van der Waals surface area (Å²) in [6, 6.07) is 9.73. The third-order valence-electron chi connectivity index (χ3n) is 3.75. The van der Waals surface area contributed by atoms with Gasteiger partial charge in [-0.25, -0.2) is 4.79 Å². The molecule has 126 valence electrons. The summed E-state index contributed by atoms with van der Waals surface area (Å²) < 4.78 is 1.03. The minimum Gasteiger partial charge on any atom is -0.478 e. The number of nitrogens with zero attached hydrogens (tertiary/aromatic N) is 2. The van der Waals surface area contributed by atoms with Crippen molar-refractivity contribution in [2.24, 2.45) is 0 Å². The Morgan fingerprint density at radius 2 is 1.92 bits per heavy atom. The molecule has 1 heterocycles. The summed E-state index contributed by atoms with van der Waals surface area (Å²) in [6.07, 6.45) is 0. The van der Waals surface area contributed by atoms with Crippen LogP contribution in [0.25, 0.3) is 11.0 Å². The summed E-state index contributed by atoms with van der Waals surface area (Å²) in [5.41, 5.74) is -1.41. The van der Waals surface area contributed by atoms with Crippen molar-refractivity contribution in [2.45, 2.75) is 6.54 Å². The molecule has 2 N–H and O–H groups in total. The van der Waals surface area contributed by atoms with Crippen molar-refractivity contribution >= 4 is 22.7 Å². The third-order valence-corrected chi connectivity index (χ3v) is 3.75. The highest BCUT2D eigenvalue weighted by Crippen LogP contribution is 2.19. The van der Waals surface area contributed by atoms with E-state index in [1.807, 2.05) is 0 Å². The summed E-state index contributed by atoms with van der Waals surface area (Å²) in [4.78, 5) is 48.1. The van der Waals surface area contributed by atoms with Crippen LogP contribution in [0.3, 0.4) is 0 Å². The molecule has 0 aliphatic rings. The molecule has 0 saturated heterocycles. The number of aromatic carboxylic acids is 1. The van der Waals surface area contributed by atoms with E-state index in [1.165, 1.54) is 30.3 Å². The fourth-order valence-corrected chi connectivity index (χ4v) is 2.56. The average Bonchev–Trinajstić information content (AvgIpc) is 2.58. The minimum absolute atomic E-state index is 0.0201. The van der Waals surface area contributed by atoms with Gasteiger partial charge in [-0.1, -0.05) is 18.2 Å². The molecule has 1 aromatic heterocycles. The molecule has 2 aromatic carbocycles. The molecular formula is C16H11N3O6. The first-order valence-corrected chi connectivity index (χ1v) is 7.11. The molecule has 0 radical (unpaired) electrons. The molecule has 0 unspecified atom stereocenters. The number of nitro groups is 1. The summed E-state index contributed by atoms with van der Waals surface area (Å²) in [5.74, 6) is -1.18. The SMILES string of the molecule is O=C(O)c1ccccc1Cn1c(=O)c(=O)[nH]c2ccc([N+](=O)[O-])cc21. The van der Waals surface area contributed by atoms with Gasteiger partial charge in [0.05, 0.1) is 28.1 Å². The van der Waals surface area contributed by atoms with E-state index in [2.05, 4.69) is 4.98 Å². The predicted octanol–water partition coefficient (Wildman–Crippen LogP) is 1.34. The van der Waals surface area contributed by atoms with Crippen molar-refractivity contribution in [3.05, 3.63) is 84.4 Å². The number of non-ortho nitro benzene ring substituents is 1. The Kier molecular flexibility index (Phi) is 3.89. The molecule has 0 aliphatic carbocycles. The van der Waals surface area contributed by atoms with Crippen LogP contribution in [0.15, 0.2) is 52.1 Å². The first-order valence-electron chi connectivity index (χ1n) is 7.11. The Morgan fingerprint density at radius 1 is 1.20 bits per heavy atom. The second-order valence-corrected chi connectivity index (χ2v) is 5.27. The van der Waals surface area contributed by atoms with E-state index >= 15 is 0 Å². The molecule has 3 rings (SSSR count). The highest BCUT2D eigenvalue weighted by atomic mass is 16.6. The van der Waals surface area contributed by atoms with Crippen LogP contribution < -0.4 is 11.1 Å². The first kappa shape index (κ1) is 16.1. The maximum absolute atomic E-state index is 12.3. The van der Waals surface area contributed by atoms with E-state index in [1.54, 1.807) is 6.07 Å². The number of aromatic nitrogens is 2. The van der Waals surface area contributed by atoms with Crippen LogP contribution in [0.5, 0.6) is 0 Å². The molecular weight excluding hydrogens is 330 g/mol. The van der Waals surface area contributed by atoms with Crippen LogP contribution in [0, 0.1) is 10.1 Å². The summed E-state index contributed by atoms with van der Waals surface area (Å²) in [5, 5.41) is 20.2. The topological polar surface area (TPSA) is 135 Å². The smallest absolute Gasteiger partial charge is 0.336 e. The van der Waals surface area contributed by atoms with Crippen molar-refractivity contribution in [1.82, 2.24) is 9.55 Å². The Hall–Kier alpha value is -3.75. The molecule has 0 aliphatic heterocycles. The molecule has 0 bridgehead atoms. The van der Waals surface area contributed by atoms with Gasteiger partial charge in [-0.3, -0.25) is 24.3 Å². The third kappa shape index (κ3) is 2.90. The van der Waals surface area contributed by atoms with Gasteiger partial charge < -0.3 is 10.1 Å². The van der Waals surface area contributed by atoms with Crippen LogP contribution in [0.4, 0.5) is 5.69 Å². The highest BCUT2D eigenvalue weighted by Gasteiger charge is 2.15. The number of hydrogen-bond donors (Lipinski definition) is 2. The number of fused-ring (bicyclic) bond motifs is 1. The number of carbonyl (C=O) groups is 1. The van der Waals surface area contributed by atoms with Gasteiger partial charge in [-0.2, -0.15) is 0 Å². The normalized spacial score (nSPS) is 10.7. The van der Waals surface area contributed by atoms with E-state index in [-0.39, 0.29) is 28.8 Å². The van der Waals surface area contributed by atoms with Gasteiger partial charge in [0.1, 0.15) is 0 Å². The van der Waals surface area contributed by atoms with Gasteiger partial charge in [-0.15, -0.1) is 0 Å².